The number of anilines is 3. The molecule has 10 rings (SSSR count). The summed E-state index contributed by atoms with van der Waals surface area (Å²) in [6.45, 7) is 7.78. The Hall–Kier alpha value is -4.32. The van der Waals surface area contributed by atoms with Crippen LogP contribution < -0.4 is 15.5 Å². The zero-order valence-corrected chi connectivity index (χ0v) is 30.9. The molecule has 4 aliphatic heterocycles. The Balaban J connectivity index is 1.02. The van der Waals surface area contributed by atoms with Crippen molar-refractivity contribution >= 4 is 40.0 Å². The molecule has 11 heteroatoms. The number of hydrogen-bond donors (Lipinski definition) is 2. The van der Waals surface area contributed by atoms with Crippen LogP contribution >= 0.6 is 0 Å². The zero-order valence-electron chi connectivity index (χ0n) is 30.9. The minimum absolute atomic E-state index is 0.118. The Morgan fingerprint density at radius 2 is 1.66 bits per heavy atom. The second kappa shape index (κ2) is 12.9. The first-order chi connectivity index (χ1) is 25.9. The number of imidazole rings is 1. The number of fused-ring (bicyclic) bond motifs is 3. The lowest BCUT2D eigenvalue weighted by molar-refractivity contribution is -0.128. The van der Waals surface area contributed by atoms with E-state index in [2.05, 4.69) is 54.2 Å². The molecule has 2 aromatic carbocycles. The molecule has 2 amide bonds. The predicted molar refractivity (Wildman–Crippen MR) is 206 cm³/mol. The van der Waals surface area contributed by atoms with Gasteiger partial charge >= 0.3 is 0 Å². The van der Waals surface area contributed by atoms with Crippen molar-refractivity contribution in [3.63, 3.8) is 0 Å². The van der Waals surface area contributed by atoms with E-state index in [9.17, 15) is 9.59 Å². The maximum Gasteiger partial charge on any atom is 0.251 e. The summed E-state index contributed by atoms with van der Waals surface area (Å²) in [5.41, 5.74) is 7.77. The van der Waals surface area contributed by atoms with Crippen molar-refractivity contribution in [3.05, 3.63) is 65.5 Å². The van der Waals surface area contributed by atoms with Gasteiger partial charge in [-0.2, -0.15) is 0 Å². The third-order valence-electron chi connectivity index (χ3n) is 13.3. The molecule has 1 spiro atoms. The van der Waals surface area contributed by atoms with Gasteiger partial charge in [0.05, 0.1) is 42.2 Å². The van der Waals surface area contributed by atoms with E-state index in [0.717, 1.165) is 104 Å². The Labute approximate surface area is 311 Å². The van der Waals surface area contributed by atoms with Crippen LogP contribution in [0.3, 0.4) is 0 Å². The molecule has 0 atom stereocenters. The Bertz CT molecular complexity index is 2080. The van der Waals surface area contributed by atoms with Crippen molar-refractivity contribution in [2.75, 3.05) is 56.7 Å². The quantitative estimate of drug-likeness (QED) is 0.231. The average Bonchev–Trinajstić information content (AvgIpc) is 3.86. The highest BCUT2D eigenvalue weighted by Crippen LogP contribution is 2.52. The van der Waals surface area contributed by atoms with Gasteiger partial charge in [-0.05, 0) is 120 Å². The highest BCUT2D eigenvalue weighted by molar-refractivity contribution is 6.09. The number of hydrogen-bond acceptors (Lipinski definition) is 8. The summed E-state index contributed by atoms with van der Waals surface area (Å²) >= 11 is 0. The smallest absolute Gasteiger partial charge is 0.251 e. The summed E-state index contributed by atoms with van der Waals surface area (Å²) in [5, 5.41) is 6.35. The number of ether oxygens (including phenoxy) is 1. The van der Waals surface area contributed by atoms with Crippen molar-refractivity contribution in [1.82, 2.24) is 29.7 Å². The van der Waals surface area contributed by atoms with Crippen LogP contribution in [0.2, 0.25) is 0 Å². The zero-order chi connectivity index (χ0) is 35.8. The Morgan fingerprint density at radius 3 is 2.38 bits per heavy atom. The number of aryl methyl sites for hydroxylation is 1. The lowest BCUT2D eigenvalue weighted by Crippen LogP contribution is -2.59. The molecule has 2 aliphatic carbocycles. The van der Waals surface area contributed by atoms with Gasteiger partial charge in [0.25, 0.3) is 5.91 Å². The van der Waals surface area contributed by atoms with E-state index in [1.807, 2.05) is 31.5 Å². The third kappa shape index (κ3) is 5.57. The van der Waals surface area contributed by atoms with E-state index < -0.39 is 5.41 Å². The minimum Gasteiger partial charge on any atom is -0.378 e. The van der Waals surface area contributed by atoms with Gasteiger partial charge in [-0.1, -0.05) is 24.6 Å². The normalized spacial score (nSPS) is 24.6. The van der Waals surface area contributed by atoms with Crippen LogP contribution in [0, 0.1) is 6.92 Å². The SMILES string of the molecule is CNC(=O)c1cc(Nc2nc(-c3ccc4c(c3)N([C@H]3C[C@@H](N5CCCCC5)C3)C(=O)C43CCN(C4COC4)CC3)cc3ncn(C4CC4)c23)ccc1C. The van der Waals surface area contributed by atoms with Crippen molar-refractivity contribution in [2.45, 2.75) is 94.3 Å². The molecule has 2 N–H and O–H groups in total. The number of rotatable bonds is 8. The highest BCUT2D eigenvalue weighted by Gasteiger charge is 2.56. The molecule has 2 saturated carbocycles. The van der Waals surface area contributed by atoms with Crippen LogP contribution in [0.1, 0.15) is 85.3 Å². The molecule has 5 fully saturated rings. The molecular formula is C42H50N8O3. The van der Waals surface area contributed by atoms with Crippen LogP contribution in [0.25, 0.3) is 22.3 Å². The average molecular weight is 715 g/mol. The first kappa shape index (κ1) is 33.3. The monoisotopic (exact) mass is 714 g/mol. The van der Waals surface area contributed by atoms with Gasteiger partial charge in [0, 0.05) is 47.7 Å². The molecule has 4 aromatic rings. The summed E-state index contributed by atoms with van der Waals surface area (Å²) in [4.78, 5) is 45.2. The molecule has 2 aromatic heterocycles. The van der Waals surface area contributed by atoms with Gasteiger partial charge in [0.15, 0.2) is 5.82 Å². The van der Waals surface area contributed by atoms with Gasteiger partial charge in [0.2, 0.25) is 5.91 Å². The molecule has 0 radical (unpaired) electrons. The van der Waals surface area contributed by atoms with Gasteiger partial charge in [-0.3, -0.25) is 14.5 Å². The standard InChI is InChI=1S/C42H50N8O3/c1-26-6-8-28(19-33(26)40(51)43-2)45-39-38-36(44-25-49(38)29-9-10-29)22-35(46-39)27-7-11-34-37(18-27)50(31-20-30(21-31)47-14-4-3-5-15-47)41(52)42(34)12-16-48(17-13-42)32-23-53-24-32/h6-8,11,18-19,22,25,29-32H,3-5,9-10,12-17,20-21,23-24H2,1-2H3,(H,43,51)(H,45,46)/t30-,31+. The van der Waals surface area contributed by atoms with Gasteiger partial charge in [-0.25, -0.2) is 9.97 Å². The van der Waals surface area contributed by atoms with Crippen molar-refractivity contribution in [2.24, 2.45) is 0 Å². The highest BCUT2D eigenvalue weighted by atomic mass is 16.5. The fourth-order valence-electron chi connectivity index (χ4n) is 9.79. The number of pyridine rings is 1. The van der Waals surface area contributed by atoms with Crippen molar-refractivity contribution in [1.29, 1.82) is 0 Å². The number of carbonyl (C=O) groups excluding carboxylic acids is 2. The number of amides is 2. The number of piperidine rings is 2. The van der Waals surface area contributed by atoms with Crippen LogP contribution in [-0.4, -0.2) is 101 Å². The number of nitrogens with one attached hydrogen (secondary N) is 2. The van der Waals surface area contributed by atoms with E-state index in [1.54, 1.807) is 7.05 Å². The lowest BCUT2D eigenvalue weighted by atomic mass is 9.73. The summed E-state index contributed by atoms with van der Waals surface area (Å²) in [7, 11) is 1.66. The number of aromatic nitrogens is 3. The molecular weight excluding hydrogens is 665 g/mol. The number of benzene rings is 2. The third-order valence-corrected chi connectivity index (χ3v) is 13.3. The molecule has 6 heterocycles. The first-order valence-electron chi connectivity index (χ1n) is 19.9. The fraction of sp³-hybridized carbons (Fsp3) is 0.524. The van der Waals surface area contributed by atoms with E-state index >= 15 is 0 Å². The molecule has 0 bridgehead atoms. The number of nitrogens with zero attached hydrogens (tertiary/aromatic N) is 6. The van der Waals surface area contributed by atoms with E-state index in [-0.39, 0.29) is 11.9 Å². The molecule has 53 heavy (non-hydrogen) atoms. The van der Waals surface area contributed by atoms with E-state index in [4.69, 9.17) is 14.7 Å². The number of carbonyl (C=O) groups is 2. The maximum absolute atomic E-state index is 14.9. The molecule has 11 nitrogen and oxygen atoms in total. The second-order valence-corrected chi connectivity index (χ2v) is 16.4. The second-order valence-electron chi connectivity index (χ2n) is 16.4. The molecule has 0 unspecified atom stereocenters. The van der Waals surface area contributed by atoms with E-state index in [1.165, 1.54) is 37.9 Å². The topological polar surface area (TPSA) is 108 Å². The van der Waals surface area contributed by atoms with Gasteiger partial charge in [-0.15, -0.1) is 0 Å². The van der Waals surface area contributed by atoms with Crippen LogP contribution in [-0.2, 0) is 14.9 Å². The summed E-state index contributed by atoms with van der Waals surface area (Å²) in [6, 6.07) is 16.3. The lowest BCUT2D eigenvalue weighted by Gasteiger charge is -2.48. The molecule has 3 saturated heterocycles. The summed E-state index contributed by atoms with van der Waals surface area (Å²) in [6.07, 6.45) is 11.9. The first-order valence-corrected chi connectivity index (χ1v) is 19.9. The van der Waals surface area contributed by atoms with Gasteiger partial charge in [0.1, 0.15) is 5.52 Å². The van der Waals surface area contributed by atoms with E-state index in [0.29, 0.717) is 35.4 Å². The fourth-order valence-corrected chi connectivity index (χ4v) is 9.79. The largest absolute Gasteiger partial charge is 0.378 e. The van der Waals surface area contributed by atoms with Gasteiger partial charge < -0.3 is 29.7 Å². The minimum atomic E-state index is -0.480. The predicted octanol–water partition coefficient (Wildman–Crippen LogP) is 5.94. The number of likely N-dealkylation sites (tertiary alicyclic amines) is 2. The Morgan fingerprint density at radius 1 is 0.887 bits per heavy atom. The summed E-state index contributed by atoms with van der Waals surface area (Å²) in [5.74, 6) is 0.901. The van der Waals surface area contributed by atoms with Crippen LogP contribution in [0.4, 0.5) is 17.2 Å². The summed E-state index contributed by atoms with van der Waals surface area (Å²) < 4.78 is 7.77. The molecule has 6 aliphatic rings. The maximum atomic E-state index is 14.9. The van der Waals surface area contributed by atoms with Crippen molar-refractivity contribution < 1.29 is 14.3 Å². The van der Waals surface area contributed by atoms with Crippen LogP contribution in [0.5, 0.6) is 0 Å². The van der Waals surface area contributed by atoms with Crippen LogP contribution in [0.15, 0.2) is 48.8 Å². The Kier molecular flexibility index (Phi) is 8.11. The van der Waals surface area contributed by atoms with Crippen molar-refractivity contribution in [3.8, 4) is 11.3 Å². The molecule has 276 valence electrons.